The van der Waals surface area contributed by atoms with Gasteiger partial charge in [-0.1, -0.05) is 42.8 Å². The minimum Gasteiger partial charge on any atom is -0.465 e. The normalized spacial score (nSPS) is 29.8. The maximum absolute atomic E-state index is 14.4. The Labute approximate surface area is 222 Å². The first-order chi connectivity index (χ1) is 17.8. The Morgan fingerprint density at radius 3 is 2.70 bits per heavy atom. The average molecular weight is 531 g/mol. The van der Waals surface area contributed by atoms with Crippen LogP contribution in [0.1, 0.15) is 39.0 Å². The number of benzene rings is 1. The quantitative estimate of drug-likeness (QED) is 0.252. The van der Waals surface area contributed by atoms with E-state index in [-0.39, 0.29) is 38.1 Å². The number of amides is 2. The fourth-order valence-electron chi connectivity index (χ4n) is 6.42. The number of nitrogens with zero attached hydrogens (tertiary/aromatic N) is 2. The monoisotopic (exact) mass is 530 g/mol. The van der Waals surface area contributed by atoms with Crippen LogP contribution in [0.2, 0.25) is 5.02 Å². The molecular weight excluding hydrogens is 496 g/mol. The number of ether oxygens (including phenoxy) is 2. The summed E-state index contributed by atoms with van der Waals surface area (Å²) in [5.74, 6) is -2.81. The van der Waals surface area contributed by atoms with Crippen molar-refractivity contribution in [2.75, 3.05) is 31.2 Å². The standard InChI is InChI=1S/C28H35ClN2O6/c1-4-7-18-36-26(35)22-21-24(33)31(16-10-17-32)23(28(21)14-13-27(22,6-3)37-28)25(34)30(15-5-2)20-12-9-8-11-19(20)29/h4-5,8-9,11-12,21-23,32H,1-2,6-7,10,13-18H2,3H3/t21-,22-,23?,27+,28?/m0/s1. The third-order valence-corrected chi connectivity index (χ3v) is 8.33. The number of fused-ring (bicyclic) bond motifs is 1. The van der Waals surface area contributed by atoms with Crippen LogP contribution >= 0.6 is 11.6 Å². The zero-order valence-corrected chi connectivity index (χ0v) is 22.0. The molecule has 4 rings (SSSR count). The molecule has 9 heteroatoms. The highest BCUT2D eigenvalue weighted by molar-refractivity contribution is 6.34. The highest BCUT2D eigenvalue weighted by Crippen LogP contribution is 2.64. The largest absolute Gasteiger partial charge is 0.465 e. The van der Waals surface area contributed by atoms with E-state index in [1.165, 1.54) is 9.80 Å². The Hall–Kier alpha value is -2.68. The molecule has 8 nitrogen and oxygen atoms in total. The van der Waals surface area contributed by atoms with Gasteiger partial charge < -0.3 is 24.4 Å². The number of likely N-dealkylation sites (tertiary alicyclic amines) is 1. The van der Waals surface area contributed by atoms with Crippen molar-refractivity contribution in [1.29, 1.82) is 0 Å². The molecule has 1 aromatic rings. The molecule has 0 saturated carbocycles. The predicted octanol–water partition coefficient (Wildman–Crippen LogP) is 3.52. The van der Waals surface area contributed by atoms with Crippen LogP contribution in [-0.2, 0) is 23.9 Å². The van der Waals surface area contributed by atoms with Crippen LogP contribution in [0.15, 0.2) is 49.6 Å². The van der Waals surface area contributed by atoms with Gasteiger partial charge in [0.25, 0.3) is 5.91 Å². The van der Waals surface area contributed by atoms with Crippen molar-refractivity contribution in [3.8, 4) is 0 Å². The Balaban J connectivity index is 1.79. The molecular formula is C28H35ClN2O6. The molecule has 2 amide bonds. The maximum Gasteiger partial charge on any atom is 0.312 e. The third kappa shape index (κ3) is 4.39. The number of anilines is 1. The molecule has 1 aromatic carbocycles. The first-order valence-electron chi connectivity index (χ1n) is 12.9. The lowest BCUT2D eigenvalue weighted by Crippen LogP contribution is -2.56. The highest BCUT2D eigenvalue weighted by atomic mass is 35.5. The zero-order valence-electron chi connectivity index (χ0n) is 21.2. The second-order valence-corrected chi connectivity index (χ2v) is 10.3. The number of aliphatic hydroxyl groups is 1. The first-order valence-corrected chi connectivity index (χ1v) is 13.3. The van der Waals surface area contributed by atoms with E-state index in [0.29, 0.717) is 42.8 Å². The van der Waals surface area contributed by atoms with Crippen LogP contribution in [0.5, 0.6) is 0 Å². The number of halogens is 1. The molecule has 2 bridgehead atoms. The average Bonchev–Trinajstić information content (AvgIpc) is 3.50. The SMILES string of the molecule is C=CCCOC(=O)[C@@H]1[C@H]2C(=O)N(CCCO)C(C(=O)N(CC=C)c3ccccc3Cl)C23CC[C@@]1(CC)O3. The molecule has 0 radical (unpaired) electrons. The lowest BCUT2D eigenvalue weighted by atomic mass is 9.65. The van der Waals surface area contributed by atoms with Crippen molar-refractivity contribution in [2.45, 2.75) is 56.3 Å². The van der Waals surface area contributed by atoms with Crippen LogP contribution in [0.25, 0.3) is 0 Å². The smallest absolute Gasteiger partial charge is 0.312 e. The second-order valence-electron chi connectivity index (χ2n) is 9.88. The summed E-state index contributed by atoms with van der Waals surface area (Å²) in [7, 11) is 0. The van der Waals surface area contributed by atoms with Crippen molar-refractivity contribution in [3.05, 3.63) is 54.6 Å². The van der Waals surface area contributed by atoms with Gasteiger partial charge in [0, 0.05) is 19.7 Å². The molecule has 5 atom stereocenters. The van der Waals surface area contributed by atoms with Gasteiger partial charge in [0.2, 0.25) is 5.91 Å². The molecule has 3 aliphatic heterocycles. The number of carbonyl (C=O) groups excluding carboxylic acids is 3. The van der Waals surface area contributed by atoms with E-state index < -0.39 is 35.0 Å². The Morgan fingerprint density at radius 2 is 2.05 bits per heavy atom. The fraction of sp³-hybridized carbons (Fsp3) is 0.536. The van der Waals surface area contributed by atoms with Crippen molar-refractivity contribution < 1.29 is 29.0 Å². The van der Waals surface area contributed by atoms with Gasteiger partial charge >= 0.3 is 5.97 Å². The highest BCUT2D eigenvalue weighted by Gasteiger charge is 2.79. The molecule has 1 spiro atoms. The van der Waals surface area contributed by atoms with E-state index in [4.69, 9.17) is 21.1 Å². The van der Waals surface area contributed by atoms with E-state index >= 15 is 0 Å². The summed E-state index contributed by atoms with van der Waals surface area (Å²) in [6, 6.07) is 6.03. The number of para-hydroxylation sites is 1. The number of aliphatic hydroxyl groups excluding tert-OH is 1. The summed E-state index contributed by atoms with van der Waals surface area (Å²) < 4.78 is 12.3. The van der Waals surface area contributed by atoms with Gasteiger partial charge in [-0.2, -0.15) is 0 Å². The molecule has 3 saturated heterocycles. The molecule has 200 valence electrons. The van der Waals surface area contributed by atoms with Crippen LogP contribution in [0.4, 0.5) is 5.69 Å². The minimum absolute atomic E-state index is 0.143. The summed E-state index contributed by atoms with van der Waals surface area (Å²) >= 11 is 6.47. The van der Waals surface area contributed by atoms with Crippen LogP contribution in [0, 0.1) is 11.8 Å². The number of hydrogen-bond donors (Lipinski definition) is 1. The van der Waals surface area contributed by atoms with Gasteiger partial charge in [-0.25, -0.2) is 0 Å². The van der Waals surface area contributed by atoms with Gasteiger partial charge in [0.15, 0.2) is 0 Å². The molecule has 0 aromatic heterocycles. The van der Waals surface area contributed by atoms with Crippen molar-refractivity contribution in [2.24, 2.45) is 11.8 Å². The lowest BCUT2D eigenvalue weighted by Gasteiger charge is -2.37. The zero-order chi connectivity index (χ0) is 26.8. The van der Waals surface area contributed by atoms with Crippen LogP contribution < -0.4 is 4.90 Å². The molecule has 2 unspecified atom stereocenters. The maximum atomic E-state index is 14.4. The summed E-state index contributed by atoms with van der Waals surface area (Å²) in [5, 5.41) is 9.93. The van der Waals surface area contributed by atoms with Gasteiger partial charge in [-0.3, -0.25) is 14.4 Å². The van der Waals surface area contributed by atoms with Gasteiger partial charge in [-0.05, 0) is 44.2 Å². The lowest BCUT2D eigenvalue weighted by molar-refractivity contribution is -0.160. The summed E-state index contributed by atoms with van der Waals surface area (Å²) in [6.07, 6.45) is 5.57. The summed E-state index contributed by atoms with van der Waals surface area (Å²) in [5.41, 5.74) is -1.55. The van der Waals surface area contributed by atoms with E-state index in [1.54, 1.807) is 36.4 Å². The Bertz CT molecular complexity index is 1080. The fourth-order valence-corrected chi connectivity index (χ4v) is 6.66. The Morgan fingerprint density at radius 1 is 1.30 bits per heavy atom. The Kier molecular flexibility index (Phi) is 8.11. The number of esters is 1. The van der Waals surface area contributed by atoms with E-state index in [2.05, 4.69) is 13.2 Å². The van der Waals surface area contributed by atoms with E-state index in [1.807, 2.05) is 6.92 Å². The molecule has 0 aliphatic carbocycles. The second kappa shape index (κ2) is 11.0. The third-order valence-electron chi connectivity index (χ3n) is 8.01. The van der Waals surface area contributed by atoms with Crippen molar-refractivity contribution in [3.63, 3.8) is 0 Å². The minimum atomic E-state index is -1.18. The van der Waals surface area contributed by atoms with Crippen molar-refractivity contribution >= 4 is 35.1 Å². The molecule has 3 fully saturated rings. The molecule has 1 N–H and O–H groups in total. The molecule has 37 heavy (non-hydrogen) atoms. The number of carbonyl (C=O) groups is 3. The number of rotatable bonds is 12. The van der Waals surface area contributed by atoms with Crippen molar-refractivity contribution in [1.82, 2.24) is 4.90 Å². The predicted molar refractivity (Wildman–Crippen MR) is 140 cm³/mol. The van der Waals surface area contributed by atoms with Gasteiger partial charge in [0.1, 0.15) is 17.6 Å². The van der Waals surface area contributed by atoms with Crippen LogP contribution in [0.3, 0.4) is 0 Å². The van der Waals surface area contributed by atoms with Gasteiger partial charge in [-0.15, -0.1) is 13.2 Å². The molecule has 3 aliphatic rings. The molecule has 3 heterocycles. The summed E-state index contributed by atoms with van der Waals surface area (Å²) in [4.78, 5) is 44.8. The van der Waals surface area contributed by atoms with Gasteiger partial charge in [0.05, 0.1) is 28.8 Å². The summed E-state index contributed by atoms with van der Waals surface area (Å²) in [6.45, 7) is 9.76. The van der Waals surface area contributed by atoms with E-state index in [0.717, 1.165) is 0 Å². The van der Waals surface area contributed by atoms with E-state index in [9.17, 15) is 19.5 Å². The van der Waals surface area contributed by atoms with Crippen LogP contribution in [-0.4, -0.2) is 71.3 Å². The topological polar surface area (TPSA) is 96.4 Å². The first kappa shape index (κ1) is 27.4. The number of hydrogen-bond acceptors (Lipinski definition) is 6.